The van der Waals surface area contributed by atoms with Crippen LogP contribution in [0.3, 0.4) is 0 Å². The van der Waals surface area contributed by atoms with Gasteiger partial charge in [-0.25, -0.2) is 9.97 Å². The van der Waals surface area contributed by atoms with E-state index in [0.717, 1.165) is 66.1 Å². The number of rotatable bonds is 4. The zero-order valence-corrected chi connectivity index (χ0v) is 49.6. The van der Waals surface area contributed by atoms with E-state index in [1.165, 1.54) is 0 Å². The fourth-order valence-corrected chi connectivity index (χ4v) is 19.2. The number of hydrogen-bond donors (Lipinski definition) is 0. The summed E-state index contributed by atoms with van der Waals surface area (Å²) in [5.41, 5.74) is 9.45. The Balaban J connectivity index is 1.14. The lowest BCUT2D eigenvalue weighted by atomic mass is 9.83. The lowest BCUT2D eigenvalue weighted by Crippen LogP contribution is -2.12. The summed E-state index contributed by atoms with van der Waals surface area (Å²) in [4.78, 5) is 19.9. The van der Waals surface area contributed by atoms with Crippen molar-refractivity contribution in [3.8, 4) is 57.0 Å². The van der Waals surface area contributed by atoms with Gasteiger partial charge < -0.3 is 27.1 Å². The summed E-state index contributed by atoms with van der Waals surface area (Å²) in [6.45, 7) is 26.4. The van der Waals surface area contributed by atoms with E-state index in [2.05, 4.69) is 132 Å². The molecule has 0 N–H and O–H groups in total. The highest BCUT2D eigenvalue weighted by Crippen LogP contribution is 2.80. The van der Waals surface area contributed by atoms with Crippen LogP contribution in [0.5, 0.6) is 34.8 Å². The van der Waals surface area contributed by atoms with Crippen molar-refractivity contribution in [2.24, 2.45) is 13.5 Å². The quantitative estimate of drug-likeness (QED) is 0.123. The topological polar surface area (TPSA) is 144 Å². The van der Waals surface area contributed by atoms with E-state index >= 15 is 0 Å². The lowest BCUT2D eigenvalue weighted by Gasteiger charge is -2.32. The molecule has 0 saturated carbocycles. The zero-order chi connectivity index (χ0) is 55.8. The van der Waals surface area contributed by atoms with Crippen molar-refractivity contribution in [2.45, 2.75) is 105 Å². The molecule has 0 unspecified atom stereocenters. The van der Waals surface area contributed by atoms with E-state index in [0.29, 0.717) is 45.1 Å². The van der Waals surface area contributed by atoms with Crippen molar-refractivity contribution >= 4 is 66.6 Å². The molecule has 0 amide bonds. The van der Waals surface area contributed by atoms with Crippen molar-refractivity contribution in [1.82, 2.24) is 19.9 Å². The molecule has 3 aliphatic heterocycles. The minimum absolute atomic E-state index is 0.142. The van der Waals surface area contributed by atoms with Gasteiger partial charge in [-0.2, -0.15) is 0 Å². The minimum Gasteiger partial charge on any atom is -0.413 e. The van der Waals surface area contributed by atoms with Crippen molar-refractivity contribution in [3.05, 3.63) is 180 Å². The molecule has 7 heterocycles. The molecule has 13 rings (SSSR count). The van der Waals surface area contributed by atoms with Crippen LogP contribution in [0.25, 0.3) is 65.9 Å². The van der Waals surface area contributed by atoms with Gasteiger partial charge in [0.1, 0.15) is 34.0 Å². The first-order valence-corrected chi connectivity index (χ1v) is 31.5. The molecule has 80 heavy (non-hydrogen) atoms. The second-order valence-corrected chi connectivity index (χ2v) is 31.0. The second-order valence-electron chi connectivity index (χ2n) is 24.9. The maximum Gasteiger partial charge on any atom is 0.463 e. The fraction of sp³-hybridized carbons (Fsp3) is 0.250. The molecule has 0 aliphatic carbocycles. The third-order valence-electron chi connectivity index (χ3n) is 14.7. The number of benzene rings is 6. The van der Waals surface area contributed by atoms with E-state index in [-0.39, 0.29) is 33.4 Å². The normalized spacial score (nSPS) is 16.0. The highest BCUT2D eigenvalue weighted by Gasteiger charge is 2.51. The van der Waals surface area contributed by atoms with Crippen LogP contribution in [-0.4, -0.2) is 19.9 Å². The zero-order valence-electron chi connectivity index (χ0n) is 46.9. The summed E-state index contributed by atoms with van der Waals surface area (Å²) in [7, 11) is -12.9. The van der Waals surface area contributed by atoms with Gasteiger partial charge in [-0.05, 0) is 117 Å². The molecule has 16 heteroatoms. The smallest absolute Gasteiger partial charge is 0.413 e. The van der Waals surface area contributed by atoms with Gasteiger partial charge in [0.2, 0.25) is 11.8 Å². The van der Waals surface area contributed by atoms with Crippen molar-refractivity contribution in [2.75, 3.05) is 0 Å². The molecule has 3 aliphatic rings. The average molecular weight is 1120 g/mol. The van der Waals surface area contributed by atoms with Gasteiger partial charge in [-0.1, -0.05) is 157 Å². The van der Waals surface area contributed by atoms with E-state index in [1.807, 2.05) is 84.9 Å². The predicted octanol–water partition coefficient (Wildman–Crippen LogP) is 19.7. The van der Waals surface area contributed by atoms with Crippen LogP contribution >= 0.6 is 23.0 Å². The highest BCUT2D eigenvalue weighted by atomic mass is 31.3. The Labute approximate surface area is 466 Å². The van der Waals surface area contributed by atoms with Crippen LogP contribution in [-0.2, 0) is 21.7 Å². The summed E-state index contributed by atoms with van der Waals surface area (Å²) in [5, 5.41) is 3.54. The van der Waals surface area contributed by atoms with E-state index in [1.54, 1.807) is 24.5 Å². The maximum absolute atomic E-state index is 7.49. The first kappa shape index (κ1) is 51.9. The monoisotopic (exact) mass is 1120 g/mol. The van der Waals surface area contributed by atoms with Gasteiger partial charge in [0.05, 0.1) is 11.0 Å². The summed E-state index contributed by atoms with van der Waals surface area (Å²) in [6.07, 6.45) is 3.51. The number of aromatic nitrogens is 4. The van der Waals surface area contributed by atoms with Gasteiger partial charge in [0, 0.05) is 68.3 Å². The van der Waals surface area contributed by atoms with E-state index in [9.17, 15) is 0 Å². The van der Waals surface area contributed by atoms with Gasteiger partial charge in [-0.15, -0.1) is 0 Å². The number of nitrogens with zero attached hydrogens (tertiary/aromatic N) is 7. The first-order chi connectivity index (χ1) is 37.9. The largest absolute Gasteiger partial charge is 0.463 e. The molecule has 0 fully saturated rings. The Bertz CT molecular complexity index is 4040. The van der Waals surface area contributed by atoms with Crippen LogP contribution < -0.4 is 27.1 Å². The molecule has 404 valence electrons. The fourth-order valence-electron chi connectivity index (χ4n) is 10.2. The molecule has 10 aromatic rings. The van der Waals surface area contributed by atoms with Crippen LogP contribution in [0.15, 0.2) is 172 Å². The van der Waals surface area contributed by atoms with Crippen molar-refractivity contribution in [1.29, 1.82) is 0 Å². The third kappa shape index (κ3) is 9.37. The standard InChI is InChI=1S/C64H62N7O6P3/c1-61(2,3)43-23-27-51-47(35-43)48-36-44(62(4,5)6)24-28-52(48)73-78(72-51)69-79(74-53-29-25-45(63(7,8)9)37-49(53)50-38-46(64(10,11)12)26-30-54(50)75-79)71-80(70-78,76-55-31-21-41-19-17-39-15-13-33-65-57(39)59(41)67-55)77-56-32-22-42-20-18-40-16-14-34-66-58(40)60(42)68-56/h13-38H,1-12H3. The van der Waals surface area contributed by atoms with Gasteiger partial charge >= 0.3 is 23.0 Å². The molecule has 0 bridgehead atoms. The van der Waals surface area contributed by atoms with Crippen molar-refractivity contribution < 1.29 is 27.1 Å². The lowest BCUT2D eigenvalue weighted by molar-refractivity contribution is 0.440. The van der Waals surface area contributed by atoms with Crippen molar-refractivity contribution in [3.63, 3.8) is 0 Å². The summed E-state index contributed by atoms with van der Waals surface area (Å²) in [5.74, 6) is 2.25. The predicted molar refractivity (Wildman–Crippen MR) is 324 cm³/mol. The molecule has 0 saturated heterocycles. The summed E-state index contributed by atoms with van der Waals surface area (Å²) >= 11 is 0. The van der Waals surface area contributed by atoms with Gasteiger partial charge in [0.25, 0.3) is 0 Å². The molecular formula is C64H62N7O6P3. The highest BCUT2D eigenvalue weighted by molar-refractivity contribution is 7.79. The number of hydrogen-bond acceptors (Lipinski definition) is 13. The molecule has 0 radical (unpaired) electrons. The van der Waals surface area contributed by atoms with Crippen LogP contribution in [0.1, 0.15) is 105 Å². The Morgan fingerprint density at radius 2 is 0.650 bits per heavy atom. The number of fused-ring (bicyclic) bond motifs is 12. The molecule has 13 nitrogen and oxygen atoms in total. The van der Waals surface area contributed by atoms with Gasteiger partial charge in [-0.3, -0.25) is 9.97 Å². The second kappa shape index (κ2) is 18.2. The van der Waals surface area contributed by atoms with Gasteiger partial charge in [0.15, 0.2) is 0 Å². The first-order valence-electron chi connectivity index (χ1n) is 26.9. The van der Waals surface area contributed by atoms with Crippen LogP contribution in [0.2, 0.25) is 0 Å². The summed E-state index contributed by atoms with van der Waals surface area (Å²) < 4.78 is 61.6. The molecule has 0 atom stereocenters. The molecule has 4 aromatic heterocycles. The summed E-state index contributed by atoms with van der Waals surface area (Å²) in [6, 6.07) is 48.3. The Kier molecular flexibility index (Phi) is 11.8. The SMILES string of the molecule is CC(C)(C)c1ccc2c(c1)-c1cc(C(C)(C)C)ccc1OP1(=NP(Oc3ccc4ccc5cccnc5c4n3)(Oc3ccc4ccc5cccnc5c4n3)=NP3(=N1)Oc1ccc(C(C)(C)C)cc1-c1cc(C(C)(C)C)ccc1O3)O2. The maximum atomic E-state index is 7.49. The van der Waals surface area contributed by atoms with Crippen LogP contribution in [0.4, 0.5) is 0 Å². The van der Waals surface area contributed by atoms with E-state index in [4.69, 9.17) is 60.6 Å². The van der Waals surface area contributed by atoms with Crippen LogP contribution in [0, 0.1) is 0 Å². The third-order valence-corrected chi connectivity index (χ3v) is 22.8. The Morgan fingerprint density at radius 1 is 0.338 bits per heavy atom. The minimum atomic E-state index is -4.42. The van der Waals surface area contributed by atoms with E-state index < -0.39 is 23.0 Å². The molecule has 6 aromatic carbocycles. The molecular weight excluding hydrogens is 1060 g/mol. The Hall–Kier alpha value is -7.55. The molecule has 2 spiro atoms. The average Bonchev–Trinajstić information content (AvgIpc) is 3.62. The number of pyridine rings is 4. The Morgan fingerprint density at radius 3 is 0.988 bits per heavy atom.